The number of rotatable bonds is 3. The topological polar surface area (TPSA) is 90.1 Å². The molecule has 0 aliphatic rings. The standard InChI is InChI=1S/C18H19N5O2/c1-11-4-6-14(20-18(25)23(2)3)9-16(11)21-17(24)12-5-7-15-13(8-12)10-19-22-15/h4-10H,1-3H3,(H,19,22)(H,20,25)(H,21,24). The largest absolute Gasteiger partial charge is 0.331 e. The summed E-state index contributed by atoms with van der Waals surface area (Å²) in [5.41, 5.74) is 3.58. The van der Waals surface area contributed by atoms with E-state index >= 15 is 0 Å². The van der Waals surface area contributed by atoms with Gasteiger partial charge in [-0.25, -0.2) is 4.79 Å². The van der Waals surface area contributed by atoms with Crippen LogP contribution in [0.3, 0.4) is 0 Å². The lowest BCUT2D eigenvalue weighted by Crippen LogP contribution is -2.27. The maximum atomic E-state index is 12.5. The summed E-state index contributed by atoms with van der Waals surface area (Å²) < 4.78 is 0. The second kappa shape index (κ2) is 6.64. The predicted molar refractivity (Wildman–Crippen MR) is 97.9 cm³/mol. The summed E-state index contributed by atoms with van der Waals surface area (Å²) in [4.78, 5) is 25.7. The molecule has 3 aromatic rings. The van der Waals surface area contributed by atoms with Gasteiger partial charge >= 0.3 is 6.03 Å². The highest BCUT2D eigenvalue weighted by Crippen LogP contribution is 2.22. The number of amides is 3. The molecule has 1 heterocycles. The van der Waals surface area contributed by atoms with Crippen molar-refractivity contribution in [3.05, 3.63) is 53.7 Å². The molecule has 0 aliphatic carbocycles. The van der Waals surface area contributed by atoms with E-state index in [2.05, 4.69) is 20.8 Å². The van der Waals surface area contributed by atoms with Gasteiger partial charge in [0.15, 0.2) is 0 Å². The predicted octanol–water partition coefficient (Wildman–Crippen LogP) is 3.22. The fraction of sp³-hybridized carbons (Fsp3) is 0.167. The Bertz CT molecular complexity index is 946. The SMILES string of the molecule is Cc1ccc(NC(=O)N(C)C)cc1NC(=O)c1ccc2[nH]ncc2c1. The number of carbonyl (C=O) groups is 2. The van der Waals surface area contributed by atoms with Gasteiger partial charge in [-0.3, -0.25) is 9.89 Å². The lowest BCUT2D eigenvalue weighted by atomic mass is 10.1. The number of nitrogens with zero attached hydrogens (tertiary/aromatic N) is 2. The maximum Gasteiger partial charge on any atom is 0.321 e. The van der Waals surface area contributed by atoms with Crippen molar-refractivity contribution in [2.24, 2.45) is 0 Å². The van der Waals surface area contributed by atoms with Crippen molar-refractivity contribution >= 4 is 34.2 Å². The summed E-state index contributed by atoms with van der Waals surface area (Å²) in [6, 6.07) is 10.5. The Kier molecular flexibility index (Phi) is 4.38. The van der Waals surface area contributed by atoms with Crippen LogP contribution in [0.25, 0.3) is 10.9 Å². The van der Waals surface area contributed by atoms with Crippen molar-refractivity contribution in [3.8, 4) is 0 Å². The molecule has 3 rings (SSSR count). The Morgan fingerprint density at radius 1 is 1.08 bits per heavy atom. The van der Waals surface area contributed by atoms with Crippen molar-refractivity contribution in [3.63, 3.8) is 0 Å². The van der Waals surface area contributed by atoms with Gasteiger partial charge in [0.25, 0.3) is 5.91 Å². The summed E-state index contributed by atoms with van der Waals surface area (Å²) >= 11 is 0. The van der Waals surface area contributed by atoms with Gasteiger partial charge in [-0.1, -0.05) is 6.07 Å². The first kappa shape index (κ1) is 16.5. The van der Waals surface area contributed by atoms with Crippen molar-refractivity contribution in [1.29, 1.82) is 0 Å². The van der Waals surface area contributed by atoms with Gasteiger partial charge in [-0.15, -0.1) is 0 Å². The molecule has 0 fully saturated rings. The molecule has 1 aromatic heterocycles. The Balaban J connectivity index is 1.81. The normalized spacial score (nSPS) is 10.5. The average molecular weight is 337 g/mol. The Morgan fingerprint density at radius 3 is 2.64 bits per heavy atom. The minimum atomic E-state index is -0.230. The van der Waals surface area contributed by atoms with Crippen molar-refractivity contribution in [2.45, 2.75) is 6.92 Å². The number of fused-ring (bicyclic) bond motifs is 1. The highest BCUT2D eigenvalue weighted by atomic mass is 16.2. The van der Waals surface area contributed by atoms with Crippen molar-refractivity contribution in [2.75, 3.05) is 24.7 Å². The van der Waals surface area contributed by atoms with Crippen LogP contribution in [0.5, 0.6) is 0 Å². The third kappa shape index (κ3) is 3.60. The van der Waals surface area contributed by atoms with Crippen LogP contribution in [0.4, 0.5) is 16.2 Å². The first-order valence-electron chi connectivity index (χ1n) is 7.77. The molecule has 0 radical (unpaired) electrons. The third-order valence-corrected chi connectivity index (χ3v) is 3.85. The fourth-order valence-corrected chi connectivity index (χ4v) is 2.35. The van der Waals surface area contributed by atoms with Crippen LogP contribution in [0, 0.1) is 6.92 Å². The average Bonchev–Trinajstić information content (AvgIpc) is 3.05. The molecule has 0 spiro atoms. The van der Waals surface area contributed by atoms with Crippen LogP contribution in [0.2, 0.25) is 0 Å². The van der Waals surface area contributed by atoms with E-state index in [0.717, 1.165) is 16.5 Å². The van der Waals surface area contributed by atoms with E-state index in [4.69, 9.17) is 0 Å². The number of aromatic amines is 1. The number of urea groups is 1. The Hall–Kier alpha value is -3.35. The maximum absolute atomic E-state index is 12.5. The molecular weight excluding hydrogens is 318 g/mol. The second-order valence-corrected chi connectivity index (χ2v) is 5.98. The van der Waals surface area contributed by atoms with E-state index in [1.165, 1.54) is 4.90 Å². The first-order valence-corrected chi connectivity index (χ1v) is 7.77. The minimum Gasteiger partial charge on any atom is -0.331 e. The van der Waals surface area contributed by atoms with Gasteiger partial charge in [0, 0.05) is 36.4 Å². The highest BCUT2D eigenvalue weighted by Gasteiger charge is 2.11. The number of H-pyrrole nitrogens is 1. The summed E-state index contributed by atoms with van der Waals surface area (Å²) in [6.45, 7) is 1.90. The smallest absolute Gasteiger partial charge is 0.321 e. The van der Waals surface area contributed by atoms with Gasteiger partial charge < -0.3 is 15.5 Å². The second-order valence-electron chi connectivity index (χ2n) is 5.98. The molecule has 25 heavy (non-hydrogen) atoms. The number of benzene rings is 2. The van der Waals surface area contributed by atoms with Crippen molar-refractivity contribution in [1.82, 2.24) is 15.1 Å². The van der Waals surface area contributed by atoms with E-state index in [-0.39, 0.29) is 11.9 Å². The zero-order valence-corrected chi connectivity index (χ0v) is 14.3. The lowest BCUT2D eigenvalue weighted by Gasteiger charge is -2.14. The number of aromatic nitrogens is 2. The van der Waals surface area contributed by atoms with Gasteiger partial charge in [0.2, 0.25) is 0 Å². The Morgan fingerprint density at radius 2 is 1.88 bits per heavy atom. The molecule has 0 bridgehead atoms. The summed E-state index contributed by atoms with van der Waals surface area (Å²) in [7, 11) is 3.33. The van der Waals surface area contributed by atoms with Crippen LogP contribution >= 0.6 is 0 Å². The molecule has 0 unspecified atom stereocenters. The van der Waals surface area contributed by atoms with E-state index in [1.807, 2.05) is 19.1 Å². The Labute approximate surface area is 145 Å². The molecule has 3 amide bonds. The molecule has 2 aromatic carbocycles. The number of anilines is 2. The number of carbonyl (C=O) groups excluding carboxylic acids is 2. The van der Waals surface area contributed by atoms with E-state index in [0.29, 0.717) is 16.9 Å². The summed E-state index contributed by atoms with van der Waals surface area (Å²) in [5.74, 6) is -0.220. The van der Waals surface area contributed by atoms with Crippen LogP contribution in [-0.4, -0.2) is 41.1 Å². The third-order valence-electron chi connectivity index (χ3n) is 3.85. The molecule has 7 nitrogen and oxygen atoms in total. The fourth-order valence-electron chi connectivity index (χ4n) is 2.35. The highest BCUT2D eigenvalue weighted by molar-refractivity contribution is 6.06. The summed E-state index contributed by atoms with van der Waals surface area (Å²) in [5, 5.41) is 13.3. The zero-order valence-electron chi connectivity index (χ0n) is 14.3. The lowest BCUT2D eigenvalue weighted by molar-refractivity contribution is 0.102. The van der Waals surface area contributed by atoms with Gasteiger partial charge in [0.05, 0.1) is 11.7 Å². The van der Waals surface area contributed by atoms with Crippen LogP contribution < -0.4 is 10.6 Å². The van der Waals surface area contributed by atoms with Crippen LogP contribution in [-0.2, 0) is 0 Å². The molecule has 0 saturated carbocycles. The van der Waals surface area contributed by atoms with E-state index < -0.39 is 0 Å². The molecule has 128 valence electrons. The number of nitrogens with one attached hydrogen (secondary N) is 3. The monoisotopic (exact) mass is 337 g/mol. The molecule has 7 heteroatoms. The quantitative estimate of drug-likeness (QED) is 0.685. The summed E-state index contributed by atoms with van der Waals surface area (Å²) in [6.07, 6.45) is 1.68. The van der Waals surface area contributed by atoms with Crippen LogP contribution in [0.1, 0.15) is 15.9 Å². The number of hydrogen-bond donors (Lipinski definition) is 3. The van der Waals surface area contributed by atoms with Crippen molar-refractivity contribution < 1.29 is 9.59 Å². The van der Waals surface area contributed by atoms with Gasteiger partial charge in [-0.05, 0) is 42.8 Å². The first-order chi connectivity index (χ1) is 11.9. The minimum absolute atomic E-state index is 0.220. The molecule has 0 saturated heterocycles. The number of hydrogen-bond acceptors (Lipinski definition) is 3. The van der Waals surface area contributed by atoms with Crippen LogP contribution in [0.15, 0.2) is 42.6 Å². The number of aryl methyl sites for hydroxylation is 1. The molecule has 3 N–H and O–H groups in total. The van der Waals surface area contributed by atoms with E-state index in [9.17, 15) is 9.59 Å². The molecule has 0 aliphatic heterocycles. The van der Waals surface area contributed by atoms with E-state index in [1.54, 1.807) is 44.6 Å². The zero-order chi connectivity index (χ0) is 18.0. The van der Waals surface area contributed by atoms with Gasteiger partial charge in [-0.2, -0.15) is 5.10 Å². The molecular formula is C18H19N5O2. The molecule has 0 atom stereocenters. The van der Waals surface area contributed by atoms with Gasteiger partial charge in [0.1, 0.15) is 0 Å².